The van der Waals surface area contributed by atoms with Crippen LogP contribution in [0.3, 0.4) is 0 Å². The van der Waals surface area contributed by atoms with Crippen molar-refractivity contribution < 1.29 is 4.42 Å². The molecule has 1 saturated carbocycles. The first kappa shape index (κ1) is 15.3. The lowest BCUT2D eigenvalue weighted by atomic mass is 9.84. The number of para-hydroxylation sites is 1. The molecule has 1 aliphatic rings. The predicted molar refractivity (Wildman–Crippen MR) is 114 cm³/mol. The number of rotatable bonds is 1. The maximum absolute atomic E-state index is 6.51. The van der Waals surface area contributed by atoms with Gasteiger partial charge >= 0.3 is 0 Å². The van der Waals surface area contributed by atoms with E-state index in [1.165, 1.54) is 70.2 Å². The molecule has 0 atom stereocenters. The van der Waals surface area contributed by atoms with Gasteiger partial charge in [0.15, 0.2) is 0 Å². The van der Waals surface area contributed by atoms with E-state index in [0.717, 1.165) is 11.2 Å². The van der Waals surface area contributed by atoms with E-state index in [-0.39, 0.29) is 0 Å². The zero-order chi connectivity index (χ0) is 18.0. The predicted octanol–water partition coefficient (Wildman–Crippen LogP) is 7.28. The highest BCUT2D eigenvalue weighted by Crippen LogP contribution is 2.40. The van der Waals surface area contributed by atoms with Crippen LogP contribution in [0.2, 0.25) is 0 Å². The number of hydrogen-bond donors (Lipinski definition) is 0. The normalized spacial score (nSPS) is 16.2. The van der Waals surface area contributed by atoms with Crippen molar-refractivity contribution >= 4 is 43.7 Å². The fraction of sp³-hybridized carbons (Fsp3) is 0.280. The first-order valence-electron chi connectivity index (χ1n) is 10.1. The highest BCUT2D eigenvalue weighted by Gasteiger charge is 2.19. The molecule has 2 heteroatoms. The summed E-state index contributed by atoms with van der Waals surface area (Å²) in [5, 5.41) is 4.97. The van der Waals surface area contributed by atoms with Crippen molar-refractivity contribution in [2.75, 3.05) is 0 Å². The van der Waals surface area contributed by atoms with Gasteiger partial charge in [-0.05, 0) is 48.6 Å². The Morgan fingerprint density at radius 1 is 0.815 bits per heavy atom. The molecule has 0 radical (unpaired) electrons. The van der Waals surface area contributed by atoms with E-state index in [1.54, 1.807) is 0 Å². The summed E-state index contributed by atoms with van der Waals surface area (Å²) >= 11 is 0. The van der Waals surface area contributed by atoms with Gasteiger partial charge in [0.05, 0.1) is 10.9 Å². The van der Waals surface area contributed by atoms with Crippen molar-refractivity contribution in [1.82, 2.24) is 4.57 Å². The molecule has 1 fully saturated rings. The second-order valence-corrected chi connectivity index (χ2v) is 8.11. The number of benzene rings is 3. The molecule has 0 bridgehead atoms. The van der Waals surface area contributed by atoms with Crippen LogP contribution in [0.15, 0.2) is 59.0 Å². The minimum absolute atomic E-state index is 0.703. The lowest BCUT2D eigenvalue weighted by Gasteiger charge is -2.21. The van der Waals surface area contributed by atoms with Gasteiger partial charge in [-0.3, -0.25) is 0 Å². The topological polar surface area (TPSA) is 18.1 Å². The quantitative estimate of drug-likeness (QED) is 0.310. The third-order valence-corrected chi connectivity index (χ3v) is 6.62. The summed E-state index contributed by atoms with van der Waals surface area (Å²) in [6.07, 6.45) is 6.75. The van der Waals surface area contributed by atoms with Crippen molar-refractivity contribution in [2.45, 2.75) is 38.0 Å². The minimum Gasteiger partial charge on any atom is -0.455 e. The van der Waals surface area contributed by atoms with Crippen LogP contribution in [0.4, 0.5) is 0 Å². The largest absolute Gasteiger partial charge is 0.455 e. The molecule has 1 aliphatic carbocycles. The van der Waals surface area contributed by atoms with Crippen LogP contribution in [0.5, 0.6) is 0 Å². The zero-order valence-corrected chi connectivity index (χ0v) is 15.7. The van der Waals surface area contributed by atoms with E-state index in [4.69, 9.17) is 4.42 Å². The molecule has 6 rings (SSSR count). The fourth-order valence-electron chi connectivity index (χ4n) is 5.18. The second kappa shape index (κ2) is 5.63. The molecule has 0 amide bonds. The van der Waals surface area contributed by atoms with Crippen LogP contribution in [-0.4, -0.2) is 4.57 Å². The Morgan fingerprint density at radius 2 is 1.63 bits per heavy atom. The van der Waals surface area contributed by atoms with Gasteiger partial charge in [-0.25, -0.2) is 0 Å². The molecule has 0 N–H and O–H groups in total. The molecule has 2 nitrogen and oxygen atoms in total. The third-order valence-electron chi connectivity index (χ3n) is 6.62. The van der Waals surface area contributed by atoms with Gasteiger partial charge in [0.2, 0.25) is 0 Å². The smallest absolute Gasteiger partial charge is 0.145 e. The summed E-state index contributed by atoms with van der Waals surface area (Å²) in [5.74, 6) is 0.703. The van der Waals surface area contributed by atoms with Gasteiger partial charge < -0.3 is 8.98 Å². The lowest BCUT2D eigenvalue weighted by molar-refractivity contribution is 0.443. The summed E-state index contributed by atoms with van der Waals surface area (Å²) in [6.45, 7) is 0. The SMILES string of the molecule is Cn1c2ccccc2c2c3oc4cc(C5CCCCC5)ccc4c3ccc21. The average molecular weight is 353 g/mol. The number of aromatic nitrogens is 1. The molecule has 0 aliphatic heterocycles. The van der Waals surface area contributed by atoms with E-state index >= 15 is 0 Å². The Kier molecular flexibility index (Phi) is 3.19. The summed E-state index contributed by atoms with van der Waals surface area (Å²) in [7, 11) is 2.14. The lowest BCUT2D eigenvalue weighted by Crippen LogP contribution is -2.03. The van der Waals surface area contributed by atoms with Gasteiger partial charge in [0.1, 0.15) is 11.2 Å². The van der Waals surface area contributed by atoms with Crippen LogP contribution < -0.4 is 0 Å². The van der Waals surface area contributed by atoms with Gasteiger partial charge in [-0.1, -0.05) is 49.6 Å². The summed E-state index contributed by atoms with van der Waals surface area (Å²) in [6, 6.07) is 20.0. The first-order chi connectivity index (χ1) is 13.3. The van der Waals surface area contributed by atoms with Crippen LogP contribution >= 0.6 is 0 Å². The maximum atomic E-state index is 6.51. The molecule has 2 heterocycles. The van der Waals surface area contributed by atoms with E-state index < -0.39 is 0 Å². The molecule has 5 aromatic rings. The molecule has 0 saturated heterocycles. The van der Waals surface area contributed by atoms with Gasteiger partial charge in [0.25, 0.3) is 0 Å². The fourth-order valence-corrected chi connectivity index (χ4v) is 5.18. The number of furan rings is 1. The van der Waals surface area contributed by atoms with E-state index in [9.17, 15) is 0 Å². The van der Waals surface area contributed by atoms with Gasteiger partial charge in [-0.2, -0.15) is 0 Å². The van der Waals surface area contributed by atoms with Crippen LogP contribution in [0.1, 0.15) is 43.6 Å². The van der Waals surface area contributed by atoms with Crippen molar-refractivity contribution in [3.05, 3.63) is 60.2 Å². The maximum Gasteiger partial charge on any atom is 0.145 e. The number of aryl methyl sites for hydroxylation is 1. The first-order valence-corrected chi connectivity index (χ1v) is 10.1. The Morgan fingerprint density at radius 3 is 2.52 bits per heavy atom. The number of hydrogen-bond acceptors (Lipinski definition) is 1. The summed E-state index contributed by atoms with van der Waals surface area (Å²) < 4.78 is 8.77. The molecular formula is C25H23NO. The third kappa shape index (κ3) is 2.13. The van der Waals surface area contributed by atoms with Crippen molar-refractivity contribution in [3.63, 3.8) is 0 Å². The Bertz CT molecular complexity index is 1310. The Hall–Kier alpha value is -2.74. The molecule has 27 heavy (non-hydrogen) atoms. The van der Waals surface area contributed by atoms with Crippen molar-refractivity contribution in [1.29, 1.82) is 0 Å². The molecule has 0 unspecified atom stereocenters. The number of nitrogens with zero attached hydrogens (tertiary/aromatic N) is 1. The second-order valence-electron chi connectivity index (χ2n) is 8.11. The monoisotopic (exact) mass is 353 g/mol. The van der Waals surface area contributed by atoms with E-state index in [2.05, 4.69) is 66.2 Å². The molecular weight excluding hydrogens is 330 g/mol. The van der Waals surface area contributed by atoms with Crippen LogP contribution in [0.25, 0.3) is 43.7 Å². The molecule has 0 spiro atoms. The van der Waals surface area contributed by atoms with E-state index in [0.29, 0.717) is 5.92 Å². The number of fused-ring (bicyclic) bond motifs is 7. The van der Waals surface area contributed by atoms with Gasteiger partial charge in [-0.15, -0.1) is 0 Å². The van der Waals surface area contributed by atoms with Crippen molar-refractivity contribution in [2.24, 2.45) is 7.05 Å². The van der Waals surface area contributed by atoms with Crippen molar-refractivity contribution in [3.8, 4) is 0 Å². The standard InChI is InChI=1S/C25H23NO/c1-26-21-10-6-5-9-20(21)24-22(26)14-13-19-18-12-11-17(15-23(18)27-25(19)24)16-7-3-2-4-8-16/h5-6,9-16H,2-4,7-8H2,1H3. The highest BCUT2D eigenvalue weighted by atomic mass is 16.3. The summed E-state index contributed by atoms with van der Waals surface area (Å²) in [4.78, 5) is 0. The summed E-state index contributed by atoms with van der Waals surface area (Å²) in [5.41, 5.74) is 6.00. The van der Waals surface area contributed by atoms with E-state index in [1.807, 2.05) is 0 Å². The highest BCUT2D eigenvalue weighted by molar-refractivity contribution is 6.23. The van der Waals surface area contributed by atoms with Crippen LogP contribution in [-0.2, 0) is 7.05 Å². The average Bonchev–Trinajstić information content (AvgIpc) is 3.24. The Balaban J connectivity index is 1.65. The molecule has 2 aromatic heterocycles. The van der Waals surface area contributed by atoms with Crippen LogP contribution in [0, 0.1) is 0 Å². The molecule has 3 aromatic carbocycles. The van der Waals surface area contributed by atoms with Gasteiger partial charge in [0, 0.05) is 28.7 Å². The zero-order valence-electron chi connectivity index (χ0n) is 15.7. The Labute approximate surface area is 158 Å². The minimum atomic E-state index is 0.703. The molecule has 134 valence electrons.